The Morgan fingerprint density at radius 3 is 2.72 bits per heavy atom. The Labute approximate surface area is 106 Å². The molecule has 2 heterocycles. The molecule has 1 aliphatic rings. The molecule has 0 aromatic carbocycles. The molecular weight excluding hydrogens is 232 g/mol. The van der Waals surface area contributed by atoms with Gasteiger partial charge in [-0.2, -0.15) is 0 Å². The quantitative estimate of drug-likeness (QED) is 0.825. The van der Waals surface area contributed by atoms with Gasteiger partial charge in [0.05, 0.1) is 12.2 Å². The highest BCUT2D eigenvalue weighted by Crippen LogP contribution is 2.17. The van der Waals surface area contributed by atoms with Crippen molar-refractivity contribution in [2.24, 2.45) is 5.73 Å². The van der Waals surface area contributed by atoms with Gasteiger partial charge in [-0.25, -0.2) is 0 Å². The summed E-state index contributed by atoms with van der Waals surface area (Å²) in [6.07, 6.45) is 1.90. The molecule has 1 amide bonds. The van der Waals surface area contributed by atoms with Gasteiger partial charge in [0, 0.05) is 24.7 Å². The number of carbonyl (C=O) groups excluding carboxylic acids is 1. The van der Waals surface area contributed by atoms with Crippen LogP contribution >= 0.6 is 0 Å². The molecule has 1 saturated heterocycles. The van der Waals surface area contributed by atoms with Gasteiger partial charge in [0.15, 0.2) is 0 Å². The fourth-order valence-electron chi connectivity index (χ4n) is 2.01. The van der Waals surface area contributed by atoms with Crippen molar-refractivity contribution in [3.8, 4) is 0 Å². The number of anilines is 1. The second-order valence-electron chi connectivity index (χ2n) is 4.88. The lowest BCUT2D eigenvalue weighted by atomic mass is 10.1. The van der Waals surface area contributed by atoms with Crippen LogP contribution in [0.4, 0.5) is 5.88 Å². The Kier molecular flexibility index (Phi) is 3.98. The third-order valence-electron chi connectivity index (χ3n) is 3.41. The Hall–Kier alpha value is -1.40. The summed E-state index contributed by atoms with van der Waals surface area (Å²) in [7, 11) is 0. The number of nitrogens with two attached hydrogens (primary N) is 1. The molecule has 100 valence electrons. The number of aryl methyl sites for hydroxylation is 1. The summed E-state index contributed by atoms with van der Waals surface area (Å²) in [6, 6.07) is 0.281. The molecule has 1 aromatic rings. The van der Waals surface area contributed by atoms with E-state index in [-0.39, 0.29) is 11.9 Å². The smallest absolute Gasteiger partial charge is 0.240 e. The second kappa shape index (κ2) is 5.49. The lowest BCUT2D eigenvalue weighted by Gasteiger charge is -2.29. The first-order chi connectivity index (χ1) is 8.56. The maximum atomic E-state index is 11.9. The van der Waals surface area contributed by atoms with Crippen LogP contribution in [0.15, 0.2) is 4.52 Å². The van der Waals surface area contributed by atoms with Crippen LogP contribution < -0.4 is 11.1 Å². The molecule has 0 aliphatic carbocycles. The molecule has 6 heteroatoms. The van der Waals surface area contributed by atoms with Gasteiger partial charge in [-0.15, -0.1) is 0 Å². The molecule has 1 fully saturated rings. The van der Waals surface area contributed by atoms with Gasteiger partial charge in [0.1, 0.15) is 0 Å². The van der Waals surface area contributed by atoms with E-state index in [4.69, 9.17) is 10.3 Å². The summed E-state index contributed by atoms with van der Waals surface area (Å²) in [6.45, 7) is 5.86. The number of hydrogen-bond donors (Lipinski definition) is 2. The van der Waals surface area contributed by atoms with Crippen molar-refractivity contribution >= 4 is 11.8 Å². The molecular formula is C12H20N4O2. The van der Waals surface area contributed by atoms with E-state index < -0.39 is 0 Å². The Morgan fingerprint density at radius 2 is 2.17 bits per heavy atom. The monoisotopic (exact) mass is 252 g/mol. The van der Waals surface area contributed by atoms with Crippen molar-refractivity contribution in [3.05, 3.63) is 11.3 Å². The van der Waals surface area contributed by atoms with Crippen molar-refractivity contribution in [2.45, 2.75) is 32.7 Å². The number of aromatic nitrogens is 1. The van der Waals surface area contributed by atoms with Crippen molar-refractivity contribution in [3.63, 3.8) is 0 Å². The number of nitrogens with one attached hydrogen (secondary N) is 1. The SMILES string of the molecule is Cc1noc(NC(=O)CN2CCC(N)CC2)c1C. The fraction of sp³-hybridized carbons (Fsp3) is 0.667. The zero-order valence-electron chi connectivity index (χ0n) is 10.9. The van der Waals surface area contributed by atoms with E-state index in [1.54, 1.807) is 0 Å². The van der Waals surface area contributed by atoms with E-state index >= 15 is 0 Å². The molecule has 0 radical (unpaired) electrons. The van der Waals surface area contributed by atoms with Crippen LogP contribution in [-0.4, -0.2) is 41.6 Å². The minimum Gasteiger partial charge on any atom is -0.338 e. The molecule has 0 unspecified atom stereocenters. The molecule has 6 nitrogen and oxygen atoms in total. The molecule has 1 aromatic heterocycles. The van der Waals surface area contributed by atoms with Crippen LogP contribution in [0.3, 0.4) is 0 Å². The minimum atomic E-state index is -0.0651. The summed E-state index contributed by atoms with van der Waals surface area (Å²) in [5.74, 6) is 0.385. The third kappa shape index (κ3) is 3.08. The molecule has 3 N–H and O–H groups in total. The van der Waals surface area contributed by atoms with Gasteiger partial charge >= 0.3 is 0 Å². The second-order valence-corrected chi connectivity index (χ2v) is 4.88. The van der Waals surface area contributed by atoms with E-state index in [0.29, 0.717) is 12.4 Å². The van der Waals surface area contributed by atoms with Gasteiger partial charge in [0.25, 0.3) is 0 Å². The number of amides is 1. The van der Waals surface area contributed by atoms with Gasteiger partial charge in [-0.1, -0.05) is 5.16 Å². The molecule has 0 bridgehead atoms. The first kappa shape index (κ1) is 13.0. The number of piperidine rings is 1. The topological polar surface area (TPSA) is 84.4 Å². The molecule has 0 spiro atoms. The summed E-state index contributed by atoms with van der Waals surface area (Å²) >= 11 is 0. The van der Waals surface area contributed by atoms with Gasteiger partial charge in [0.2, 0.25) is 11.8 Å². The highest BCUT2D eigenvalue weighted by Gasteiger charge is 2.19. The van der Waals surface area contributed by atoms with Crippen LogP contribution in [0.25, 0.3) is 0 Å². The van der Waals surface area contributed by atoms with E-state index in [1.807, 2.05) is 13.8 Å². The average Bonchev–Trinajstić information content (AvgIpc) is 2.64. The number of rotatable bonds is 3. The predicted octanol–water partition coefficient (Wildman–Crippen LogP) is 0.653. The Morgan fingerprint density at radius 1 is 1.50 bits per heavy atom. The standard InChI is InChI=1S/C12H20N4O2/c1-8-9(2)15-18-12(8)14-11(17)7-16-5-3-10(13)4-6-16/h10H,3-7,13H2,1-2H3,(H,14,17). The van der Waals surface area contributed by atoms with Gasteiger partial charge < -0.3 is 10.3 Å². The molecule has 0 atom stereocenters. The Balaban J connectivity index is 1.84. The summed E-state index contributed by atoms with van der Waals surface area (Å²) < 4.78 is 5.05. The first-order valence-electron chi connectivity index (χ1n) is 6.27. The van der Waals surface area contributed by atoms with E-state index in [9.17, 15) is 4.79 Å². The van der Waals surface area contributed by atoms with Crippen molar-refractivity contribution in [1.29, 1.82) is 0 Å². The van der Waals surface area contributed by atoms with Gasteiger partial charge in [-0.05, 0) is 26.7 Å². The summed E-state index contributed by atoms with van der Waals surface area (Å²) in [5.41, 5.74) is 7.50. The van der Waals surface area contributed by atoms with Crippen LogP contribution in [0.2, 0.25) is 0 Å². The largest absolute Gasteiger partial charge is 0.338 e. The first-order valence-corrected chi connectivity index (χ1v) is 6.27. The van der Waals surface area contributed by atoms with Crippen molar-refractivity contribution in [1.82, 2.24) is 10.1 Å². The van der Waals surface area contributed by atoms with Crippen molar-refractivity contribution in [2.75, 3.05) is 25.0 Å². The number of likely N-dealkylation sites (tertiary alicyclic amines) is 1. The van der Waals surface area contributed by atoms with Crippen LogP contribution in [0, 0.1) is 13.8 Å². The van der Waals surface area contributed by atoms with Gasteiger partial charge in [-0.3, -0.25) is 15.0 Å². The lowest BCUT2D eigenvalue weighted by molar-refractivity contribution is -0.117. The molecule has 1 aliphatic heterocycles. The van der Waals surface area contributed by atoms with Crippen LogP contribution in [0.1, 0.15) is 24.1 Å². The maximum Gasteiger partial charge on any atom is 0.240 e. The highest BCUT2D eigenvalue weighted by molar-refractivity contribution is 5.91. The lowest BCUT2D eigenvalue weighted by Crippen LogP contribution is -2.43. The fourth-order valence-corrected chi connectivity index (χ4v) is 2.01. The maximum absolute atomic E-state index is 11.9. The van der Waals surface area contributed by atoms with E-state index in [1.165, 1.54) is 0 Å². The number of hydrogen-bond acceptors (Lipinski definition) is 5. The highest BCUT2D eigenvalue weighted by atomic mass is 16.5. The summed E-state index contributed by atoms with van der Waals surface area (Å²) in [4.78, 5) is 14.0. The third-order valence-corrected chi connectivity index (χ3v) is 3.41. The molecule has 18 heavy (non-hydrogen) atoms. The zero-order valence-corrected chi connectivity index (χ0v) is 10.9. The number of carbonyl (C=O) groups is 1. The molecule has 2 rings (SSSR count). The van der Waals surface area contributed by atoms with E-state index in [0.717, 1.165) is 37.2 Å². The average molecular weight is 252 g/mol. The Bertz CT molecular complexity index is 422. The van der Waals surface area contributed by atoms with Crippen LogP contribution in [0.5, 0.6) is 0 Å². The van der Waals surface area contributed by atoms with Crippen molar-refractivity contribution < 1.29 is 9.32 Å². The summed E-state index contributed by atoms with van der Waals surface area (Å²) in [5, 5.41) is 6.55. The predicted molar refractivity (Wildman–Crippen MR) is 68.3 cm³/mol. The molecule has 0 saturated carbocycles. The minimum absolute atomic E-state index is 0.0651. The van der Waals surface area contributed by atoms with E-state index in [2.05, 4.69) is 15.4 Å². The zero-order chi connectivity index (χ0) is 13.1. The normalized spacial score (nSPS) is 17.9. The van der Waals surface area contributed by atoms with Crippen LogP contribution in [-0.2, 0) is 4.79 Å². The number of nitrogens with zero attached hydrogens (tertiary/aromatic N) is 2.